The van der Waals surface area contributed by atoms with Crippen LogP contribution in [0.5, 0.6) is 0 Å². The van der Waals surface area contributed by atoms with Crippen LogP contribution in [0.25, 0.3) is 0 Å². The monoisotopic (exact) mass is 949 g/mol. The molecule has 0 unspecified atom stereocenters. The second kappa shape index (κ2) is 19.6. The predicted molar refractivity (Wildman–Crippen MR) is 251 cm³/mol. The van der Waals surface area contributed by atoms with E-state index in [0.29, 0.717) is 18.3 Å². The van der Waals surface area contributed by atoms with E-state index in [2.05, 4.69) is 46.8 Å². The van der Waals surface area contributed by atoms with Gasteiger partial charge in [0.05, 0.1) is 0 Å². The van der Waals surface area contributed by atoms with E-state index < -0.39 is 5.41 Å². The normalized spacial score (nSPS) is 44.1. The summed E-state index contributed by atoms with van der Waals surface area (Å²) in [5.41, 5.74) is 1.69. The third-order valence-electron chi connectivity index (χ3n) is 19.8. The lowest BCUT2D eigenvalue weighted by Gasteiger charge is -2.63. The molecule has 0 bridgehead atoms. The maximum absolute atomic E-state index is 12.2. The Kier molecular flexibility index (Phi) is 15.0. The molecular formula is C55H80O13. The van der Waals surface area contributed by atoms with Crippen LogP contribution >= 0.6 is 0 Å². The molecule has 0 aromatic heterocycles. The number of carbonyl (C=O) groups excluding carboxylic acids is 7. The fourth-order valence-electron chi connectivity index (χ4n) is 17.0. The average molecular weight is 949 g/mol. The van der Waals surface area contributed by atoms with Gasteiger partial charge in [-0.1, -0.05) is 57.9 Å². The second-order valence-electron chi connectivity index (χ2n) is 23.2. The van der Waals surface area contributed by atoms with Gasteiger partial charge in [-0.05, 0) is 137 Å². The van der Waals surface area contributed by atoms with Gasteiger partial charge >= 0.3 is 35.8 Å². The molecule has 0 saturated heterocycles. The molecule has 68 heavy (non-hydrogen) atoms. The second-order valence-corrected chi connectivity index (χ2v) is 23.2. The van der Waals surface area contributed by atoms with Crippen molar-refractivity contribution in [1.29, 1.82) is 0 Å². The quantitative estimate of drug-likeness (QED) is 0.0975. The van der Waals surface area contributed by atoms with E-state index in [9.17, 15) is 33.6 Å². The number of carbonyl (C=O) groups is 7. The number of hydrogen-bond donors (Lipinski definition) is 0. The van der Waals surface area contributed by atoms with Gasteiger partial charge in [0.15, 0.2) is 0 Å². The molecule has 378 valence electrons. The SMILES string of the molecule is C/C=C1/CC[C@H]2[C@@H]3[C@H](OC(C)=O)C[C@@H]4C[C@H](OC(C)=O)CC[C@]4(C)[C@H]3C[C@@H](OC(C)=O)[C@]12C.CC(=O)O[C@@H]1CC[C@@]2(C)[C@@H](C1)C[C@@H](OC(C)=O)[C@@H]1[C@@H]2C[C@@H](OC(C)=O)[C@]2(C)C([C@H](C)C=O)=CC[C@@H]12. The number of rotatable bonds is 8. The van der Waals surface area contributed by atoms with Crippen LogP contribution < -0.4 is 0 Å². The molecular weight excluding hydrogens is 869 g/mol. The summed E-state index contributed by atoms with van der Waals surface area (Å²) in [7, 11) is 0. The third kappa shape index (κ3) is 9.23. The predicted octanol–water partition coefficient (Wildman–Crippen LogP) is 9.41. The standard InChI is InChI=1S/C28H40O7.C27H40O6/c1-15(14-29)21-7-8-22-26-23(13-25(28(21,22)6)35-18(4)32)27(5)10-9-20(33-16(2)30)11-19(27)12-24(26)34-17(3)31;1-7-18-8-9-21-25-22(14-24(27(18,21)6)33-17(4)30)26(5)11-10-20(31-15(2)28)12-19(26)13-23(25)32-16(3)29/h7,14-15,19-20,22-26H,8-13H2,1-6H3;7,19-25H,8-14H2,1-6H3/b;18-7-/t15-,19+,20-,22+,23+,24-,25-,26+,27+,28-;19-,20+,21-,22-,23+,24+,25-,26-,27+/m10/s1. The van der Waals surface area contributed by atoms with Gasteiger partial charge in [-0.25, -0.2) is 0 Å². The molecule has 0 N–H and O–H groups in total. The van der Waals surface area contributed by atoms with Gasteiger partial charge in [0, 0.05) is 70.1 Å². The Labute approximate surface area is 404 Å². The molecule has 0 aromatic carbocycles. The molecule has 0 heterocycles. The Morgan fingerprint density at radius 2 is 0.985 bits per heavy atom. The Hall–Kier alpha value is -4.03. The average Bonchev–Trinajstić information content (AvgIpc) is 3.78. The summed E-state index contributed by atoms with van der Waals surface area (Å²) < 4.78 is 35.3. The minimum atomic E-state index is -0.482. The Bertz CT molecular complexity index is 2060. The highest BCUT2D eigenvalue weighted by Gasteiger charge is 2.68. The minimum Gasteiger partial charge on any atom is -0.463 e. The van der Waals surface area contributed by atoms with Crippen LogP contribution in [0.4, 0.5) is 0 Å². The van der Waals surface area contributed by atoms with Crippen LogP contribution in [0.15, 0.2) is 23.3 Å². The maximum atomic E-state index is 12.2. The summed E-state index contributed by atoms with van der Waals surface area (Å²) in [4.78, 5) is 83.8. The molecule has 0 amide bonds. The highest BCUT2D eigenvalue weighted by Crippen LogP contribution is 2.70. The first-order chi connectivity index (χ1) is 31.9. The first kappa shape index (κ1) is 51.8. The van der Waals surface area contributed by atoms with E-state index in [1.54, 1.807) is 0 Å². The van der Waals surface area contributed by atoms with Crippen molar-refractivity contribution in [2.45, 2.75) is 203 Å². The van der Waals surface area contributed by atoms with Gasteiger partial charge in [0.2, 0.25) is 0 Å². The lowest BCUT2D eigenvalue weighted by Crippen LogP contribution is -2.63. The van der Waals surface area contributed by atoms with Crippen molar-refractivity contribution in [2.24, 2.45) is 74.9 Å². The summed E-state index contributed by atoms with van der Waals surface area (Å²) in [5, 5.41) is 0. The van der Waals surface area contributed by atoms with E-state index in [1.807, 2.05) is 6.92 Å². The first-order valence-electron chi connectivity index (χ1n) is 25.8. The third-order valence-corrected chi connectivity index (χ3v) is 19.8. The molecule has 0 spiro atoms. The number of hydrogen-bond acceptors (Lipinski definition) is 13. The zero-order valence-electron chi connectivity index (χ0n) is 42.9. The molecule has 13 nitrogen and oxygen atoms in total. The van der Waals surface area contributed by atoms with Gasteiger partial charge in [0.1, 0.15) is 42.9 Å². The van der Waals surface area contributed by atoms with Gasteiger partial charge < -0.3 is 33.2 Å². The molecule has 0 aliphatic heterocycles. The topological polar surface area (TPSA) is 175 Å². The highest BCUT2D eigenvalue weighted by molar-refractivity contribution is 5.68. The number of fused-ring (bicyclic) bond motifs is 10. The summed E-state index contributed by atoms with van der Waals surface area (Å²) in [5.74, 6) is -0.0597. The van der Waals surface area contributed by atoms with Crippen LogP contribution in [0.2, 0.25) is 0 Å². The van der Waals surface area contributed by atoms with Crippen molar-refractivity contribution in [3.8, 4) is 0 Å². The van der Waals surface area contributed by atoms with E-state index in [4.69, 9.17) is 28.4 Å². The summed E-state index contributed by atoms with van der Waals surface area (Å²) >= 11 is 0. The molecule has 19 atom stereocenters. The van der Waals surface area contributed by atoms with E-state index in [-0.39, 0.29) is 130 Å². The summed E-state index contributed by atoms with van der Waals surface area (Å²) in [6.45, 7) is 21.9. The summed E-state index contributed by atoms with van der Waals surface area (Å²) in [6, 6.07) is 0. The lowest BCUT2D eigenvalue weighted by molar-refractivity contribution is -0.215. The number of ether oxygens (including phenoxy) is 6. The highest BCUT2D eigenvalue weighted by atomic mass is 16.6. The Balaban J connectivity index is 0.000000202. The van der Waals surface area contributed by atoms with Gasteiger partial charge in [-0.3, -0.25) is 28.8 Å². The summed E-state index contributed by atoms with van der Waals surface area (Å²) in [6.07, 6.45) is 15.1. The van der Waals surface area contributed by atoms with Crippen LogP contribution in [-0.2, 0) is 62.0 Å². The molecule has 7 fully saturated rings. The first-order valence-corrected chi connectivity index (χ1v) is 25.8. The number of allylic oxidation sites excluding steroid dienone is 2. The van der Waals surface area contributed by atoms with Crippen LogP contribution in [0.3, 0.4) is 0 Å². The Morgan fingerprint density at radius 3 is 1.40 bits per heavy atom. The molecule has 8 aliphatic rings. The van der Waals surface area contributed by atoms with Gasteiger partial charge in [0.25, 0.3) is 0 Å². The minimum absolute atomic E-state index is 0.0381. The zero-order valence-corrected chi connectivity index (χ0v) is 42.9. The van der Waals surface area contributed by atoms with Crippen molar-refractivity contribution >= 4 is 42.1 Å². The van der Waals surface area contributed by atoms with Crippen LogP contribution in [-0.4, -0.2) is 78.7 Å². The smallest absolute Gasteiger partial charge is 0.302 e. The zero-order chi connectivity index (χ0) is 49.8. The van der Waals surface area contributed by atoms with E-state index in [1.165, 1.54) is 47.1 Å². The molecule has 0 aromatic rings. The van der Waals surface area contributed by atoms with Crippen molar-refractivity contribution < 1.29 is 62.0 Å². The molecule has 0 radical (unpaired) electrons. The Morgan fingerprint density at radius 1 is 0.559 bits per heavy atom. The number of esters is 6. The van der Waals surface area contributed by atoms with E-state index >= 15 is 0 Å². The molecule has 13 heteroatoms. The molecule has 8 rings (SSSR count). The van der Waals surface area contributed by atoms with E-state index in [0.717, 1.165) is 88.9 Å². The van der Waals surface area contributed by atoms with Crippen molar-refractivity contribution in [3.63, 3.8) is 0 Å². The van der Waals surface area contributed by atoms with Crippen LogP contribution in [0.1, 0.15) is 167 Å². The van der Waals surface area contributed by atoms with Crippen molar-refractivity contribution in [2.75, 3.05) is 0 Å². The van der Waals surface area contributed by atoms with Gasteiger partial charge in [-0.15, -0.1) is 0 Å². The van der Waals surface area contributed by atoms with Gasteiger partial charge in [-0.2, -0.15) is 0 Å². The largest absolute Gasteiger partial charge is 0.463 e. The molecule has 8 aliphatic carbocycles. The fourth-order valence-corrected chi connectivity index (χ4v) is 17.0. The number of aldehydes is 1. The lowest BCUT2D eigenvalue weighted by atomic mass is 9.43. The van der Waals surface area contributed by atoms with Crippen molar-refractivity contribution in [1.82, 2.24) is 0 Å². The maximum Gasteiger partial charge on any atom is 0.302 e. The van der Waals surface area contributed by atoms with Crippen LogP contribution in [0, 0.1) is 74.9 Å². The van der Waals surface area contributed by atoms with Crippen molar-refractivity contribution in [3.05, 3.63) is 23.3 Å². The molecule has 7 saturated carbocycles. The fraction of sp³-hybridized carbons (Fsp3) is 0.800.